The molecule has 2 aromatic rings. The molecule has 0 spiro atoms. The van der Waals surface area contributed by atoms with Crippen LogP contribution in [0.1, 0.15) is 5.56 Å². The molecule has 1 aliphatic rings. The Morgan fingerprint density at radius 3 is 2.28 bits per heavy atom. The Morgan fingerprint density at radius 2 is 1.68 bits per heavy atom. The van der Waals surface area contributed by atoms with Crippen molar-refractivity contribution in [2.45, 2.75) is 10.4 Å². The van der Waals surface area contributed by atoms with Crippen LogP contribution in [-0.4, -0.2) is 22.0 Å². The van der Waals surface area contributed by atoms with Crippen molar-refractivity contribution in [2.24, 2.45) is 5.73 Å². The van der Waals surface area contributed by atoms with Gasteiger partial charge in [0.05, 0.1) is 0 Å². The van der Waals surface area contributed by atoms with Crippen LogP contribution in [0.15, 0.2) is 71.1 Å². The first kappa shape index (κ1) is 17.4. The summed E-state index contributed by atoms with van der Waals surface area (Å²) in [6.45, 7) is 0. The number of ketones is 1. The largest absolute Gasteiger partial charge is 0.467 e. The van der Waals surface area contributed by atoms with Crippen LogP contribution in [0.25, 0.3) is 0 Å². The third-order valence-corrected chi connectivity index (χ3v) is 5.28. The van der Waals surface area contributed by atoms with Gasteiger partial charge in [0, 0.05) is 5.02 Å². The number of carbonyl (C=O) groups is 1. The number of rotatable bonds is 4. The molecule has 6 nitrogen and oxygen atoms in total. The number of hydrogen-bond acceptors (Lipinski definition) is 6. The fraction of sp³-hybridized carbons (Fsp3) is 0.0625. The zero-order valence-corrected chi connectivity index (χ0v) is 14.7. The first-order valence-electron chi connectivity index (χ1n) is 7.23. The van der Waals surface area contributed by atoms with Crippen LogP contribution in [0.4, 0.5) is 0 Å². The predicted octanol–water partition coefficient (Wildman–Crippen LogP) is 1.26. The molecule has 128 valence electrons. The summed E-state index contributed by atoms with van der Waals surface area (Å²) in [6.07, 6.45) is 0. The van der Waals surface area contributed by atoms with E-state index in [0.717, 1.165) is 0 Å². The summed E-state index contributed by atoms with van der Waals surface area (Å²) in [5.74, 6) is -1.62. The number of nitrogens with two attached hydrogens (primary N) is 1. The van der Waals surface area contributed by atoms with E-state index in [2.05, 4.69) is 0 Å². The van der Waals surface area contributed by atoms with Gasteiger partial charge < -0.3 is 14.7 Å². The summed E-state index contributed by atoms with van der Waals surface area (Å²) >= 11 is 5.85. The summed E-state index contributed by atoms with van der Waals surface area (Å²) in [7, 11) is -2.73. The van der Waals surface area contributed by atoms with Gasteiger partial charge in [0.1, 0.15) is 4.90 Å². The van der Waals surface area contributed by atoms with Crippen LogP contribution in [0.5, 0.6) is 0 Å². The average Bonchev–Trinajstić information content (AvgIpc) is 2.80. The van der Waals surface area contributed by atoms with Gasteiger partial charge in [-0.05, 0) is 29.8 Å². The van der Waals surface area contributed by atoms with Gasteiger partial charge in [-0.15, -0.1) is 0 Å². The van der Waals surface area contributed by atoms with Crippen LogP contribution >= 0.6 is 11.6 Å². The van der Waals surface area contributed by atoms with E-state index in [0.29, 0.717) is 10.6 Å². The Morgan fingerprint density at radius 1 is 1.08 bits per heavy atom. The number of Topliss-reactive ketones (excluding diaryl/α,β-unsaturated/α-hetero) is 1. The SMILES string of the molecule is BC1(c2ccc(Cl)cc2)OC(N)=C(OS(=O)(=O)c2ccccc2)C1=O. The summed E-state index contributed by atoms with van der Waals surface area (Å²) in [5.41, 5.74) is 4.70. The van der Waals surface area contributed by atoms with Crippen molar-refractivity contribution in [2.75, 3.05) is 0 Å². The average molecular weight is 378 g/mol. The van der Waals surface area contributed by atoms with Gasteiger partial charge in [-0.2, -0.15) is 8.42 Å². The van der Waals surface area contributed by atoms with Gasteiger partial charge in [0.15, 0.2) is 13.3 Å². The molecule has 25 heavy (non-hydrogen) atoms. The first-order chi connectivity index (χ1) is 11.7. The molecular weight excluding hydrogens is 365 g/mol. The minimum Gasteiger partial charge on any atom is -0.467 e. The highest BCUT2D eigenvalue weighted by Gasteiger charge is 2.49. The third-order valence-electron chi connectivity index (χ3n) is 3.80. The fourth-order valence-corrected chi connectivity index (χ4v) is 3.51. The van der Waals surface area contributed by atoms with Crippen LogP contribution in [0.2, 0.25) is 5.02 Å². The van der Waals surface area contributed by atoms with Crippen LogP contribution in [0, 0.1) is 0 Å². The molecule has 1 unspecified atom stereocenters. The van der Waals surface area contributed by atoms with E-state index < -0.39 is 27.2 Å². The maximum atomic E-state index is 12.7. The molecule has 1 aliphatic heterocycles. The molecule has 0 aromatic heterocycles. The van der Waals surface area contributed by atoms with E-state index in [1.54, 1.807) is 42.5 Å². The van der Waals surface area contributed by atoms with Gasteiger partial charge in [-0.1, -0.05) is 41.9 Å². The van der Waals surface area contributed by atoms with E-state index >= 15 is 0 Å². The molecule has 0 aliphatic carbocycles. The van der Waals surface area contributed by atoms with Crippen molar-refractivity contribution >= 4 is 35.3 Å². The number of carbonyl (C=O) groups excluding carboxylic acids is 1. The lowest BCUT2D eigenvalue weighted by Gasteiger charge is -2.23. The lowest BCUT2D eigenvalue weighted by molar-refractivity contribution is -0.126. The summed E-state index contributed by atoms with van der Waals surface area (Å²) in [4.78, 5) is 12.7. The normalized spacial score (nSPS) is 20.4. The highest BCUT2D eigenvalue weighted by Crippen LogP contribution is 2.36. The fourth-order valence-electron chi connectivity index (χ4n) is 2.42. The van der Waals surface area contributed by atoms with E-state index in [4.69, 9.17) is 26.3 Å². The van der Waals surface area contributed by atoms with Crippen LogP contribution in [0.3, 0.4) is 0 Å². The molecule has 9 heteroatoms. The molecule has 1 atom stereocenters. The van der Waals surface area contributed by atoms with E-state index in [-0.39, 0.29) is 10.8 Å². The number of ether oxygens (including phenoxy) is 1. The van der Waals surface area contributed by atoms with Gasteiger partial charge in [-0.3, -0.25) is 4.79 Å². The molecule has 2 N–H and O–H groups in total. The van der Waals surface area contributed by atoms with Gasteiger partial charge in [0.2, 0.25) is 17.4 Å². The highest BCUT2D eigenvalue weighted by atomic mass is 35.5. The highest BCUT2D eigenvalue weighted by molar-refractivity contribution is 7.86. The number of halogens is 1. The molecule has 0 radical (unpaired) electrons. The van der Waals surface area contributed by atoms with Crippen LogP contribution < -0.4 is 5.73 Å². The first-order valence-corrected chi connectivity index (χ1v) is 9.02. The maximum Gasteiger partial charge on any atom is 0.339 e. The lowest BCUT2D eigenvalue weighted by atomic mass is 9.73. The quantitative estimate of drug-likeness (QED) is 0.636. The minimum absolute atomic E-state index is 0.0943. The van der Waals surface area contributed by atoms with Crippen molar-refractivity contribution in [3.05, 3.63) is 76.8 Å². The molecule has 3 rings (SSSR count). The standard InChI is InChI=1S/C16H13BClNO5S/c17-16(10-6-8-11(18)9-7-10)14(20)13(15(19)23-16)24-25(21,22)12-4-2-1-3-5-12/h1-9H,17,19H2. The lowest BCUT2D eigenvalue weighted by Crippen LogP contribution is -2.35. The second kappa shape index (κ2) is 6.13. The topological polar surface area (TPSA) is 95.7 Å². The van der Waals surface area contributed by atoms with Gasteiger partial charge in [0.25, 0.3) is 0 Å². The predicted molar refractivity (Wildman–Crippen MR) is 93.7 cm³/mol. The van der Waals surface area contributed by atoms with E-state index in [9.17, 15) is 13.2 Å². The Kier molecular flexibility index (Phi) is 4.26. The zero-order chi connectivity index (χ0) is 18.2. The molecule has 0 amide bonds. The molecule has 2 aromatic carbocycles. The summed E-state index contributed by atoms with van der Waals surface area (Å²) < 4.78 is 35.1. The van der Waals surface area contributed by atoms with Crippen molar-refractivity contribution in [1.29, 1.82) is 0 Å². The second-order valence-corrected chi connectivity index (χ2v) is 7.50. The monoisotopic (exact) mass is 377 g/mol. The van der Waals surface area contributed by atoms with Crippen molar-refractivity contribution < 1.29 is 22.1 Å². The zero-order valence-electron chi connectivity index (χ0n) is 13.1. The Labute approximate surface area is 150 Å². The summed E-state index contributed by atoms with van der Waals surface area (Å²) in [5, 5.41) is 0.488. The number of hydrogen-bond donors (Lipinski definition) is 1. The molecule has 0 saturated carbocycles. The molecule has 0 fully saturated rings. The Balaban J connectivity index is 1.92. The molecule has 1 heterocycles. The van der Waals surface area contributed by atoms with Crippen molar-refractivity contribution in [3.63, 3.8) is 0 Å². The Hall–Kier alpha value is -2.45. The molecule has 0 bridgehead atoms. The minimum atomic E-state index is -4.21. The summed E-state index contributed by atoms with van der Waals surface area (Å²) in [6, 6.07) is 13.8. The second-order valence-electron chi connectivity index (χ2n) is 5.52. The Bertz CT molecular complexity index is 960. The maximum absolute atomic E-state index is 12.7. The van der Waals surface area contributed by atoms with Crippen molar-refractivity contribution in [3.8, 4) is 0 Å². The number of benzene rings is 2. The van der Waals surface area contributed by atoms with E-state index in [1.807, 2.05) is 0 Å². The molecular formula is C16H13BClNO5S. The van der Waals surface area contributed by atoms with Crippen molar-refractivity contribution in [1.82, 2.24) is 0 Å². The smallest absolute Gasteiger partial charge is 0.339 e. The van der Waals surface area contributed by atoms with Gasteiger partial charge in [-0.25, -0.2) is 0 Å². The molecule has 0 saturated heterocycles. The van der Waals surface area contributed by atoms with Crippen LogP contribution in [-0.2, 0) is 29.3 Å². The van der Waals surface area contributed by atoms with Gasteiger partial charge >= 0.3 is 10.1 Å². The van der Waals surface area contributed by atoms with E-state index in [1.165, 1.54) is 20.0 Å². The third kappa shape index (κ3) is 3.10.